The zero-order chi connectivity index (χ0) is 21.6. The molecular weight excluding hydrogens is 424 g/mol. The maximum absolute atomic E-state index is 13.1. The summed E-state index contributed by atoms with van der Waals surface area (Å²) in [5.41, 5.74) is 1.42. The lowest BCUT2D eigenvalue weighted by molar-refractivity contribution is -0.126. The summed E-state index contributed by atoms with van der Waals surface area (Å²) in [5, 5.41) is 3.27. The third-order valence-electron chi connectivity index (χ3n) is 5.73. The summed E-state index contributed by atoms with van der Waals surface area (Å²) in [6.45, 7) is 3.51. The second kappa shape index (κ2) is 10.6. The van der Waals surface area contributed by atoms with E-state index in [9.17, 15) is 13.2 Å². The van der Waals surface area contributed by atoms with Gasteiger partial charge >= 0.3 is 0 Å². The number of benzene rings is 1. The van der Waals surface area contributed by atoms with Crippen LogP contribution < -0.4 is 10.1 Å². The predicted octanol–water partition coefficient (Wildman–Crippen LogP) is 4.15. The highest BCUT2D eigenvalue weighted by Gasteiger charge is 2.33. The number of carbonyl (C=O) groups excluding carboxylic acids is 1. The van der Waals surface area contributed by atoms with Crippen molar-refractivity contribution in [1.82, 2.24) is 9.62 Å². The van der Waals surface area contributed by atoms with E-state index in [0.29, 0.717) is 38.3 Å². The molecule has 0 aromatic heterocycles. The average Bonchev–Trinajstić information content (AvgIpc) is 2.76. The minimum absolute atomic E-state index is 0.0592. The van der Waals surface area contributed by atoms with Gasteiger partial charge in [-0.05, 0) is 70.1 Å². The standard InChI is InChI=1S/C22H31ClN2O4S/c1-2-29-21-11-10-19(15-20(21)23)30(27,28)25-14-6-9-18(16-25)22(26)24-13-12-17-7-4-3-5-8-17/h7,10-11,15,18H,2-6,8-9,12-14,16H2,1H3,(H,24,26)/t18-/m1/s1. The molecule has 166 valence electrons. The van der Waals surface area contributed by atoms with Crippen molar-refractivity contribution in [2.24, 2.45) is 5.92 Å². The van der Waals surface area contributed by atoms with Gasteiger partial charge in [0, 0.05) is 19.6 Å². The molecule has 0 bridgehead atoms. The number of ether oxygens (including phenoxy) is 1. The quantitative estimate of drug-likeness (QED) is 0.599. The molecule has 1 aliphatic carbocycles. The first-order valence-electron chi connectivity index (χ1n) is 10.8. The van der Waals surface area contributed by atoms with Crippen LogP contribution in [0.2, 0.25) is 5.02 Å². The van der Waals surface area contributed by atoms with Crippen LogP contribution in [0.4, 0.5) is 0 Å². The molecule has 1 saturated heterocycles. The highest BCUT2D eigenvalue weighted by molar-refractivity contribution is 7.89. The third-order valence-corrected chi connectivity index (χ3v) is 7.88. The molecule has 0 spiro atoms. The molecule has 3 rings (SSSR count). The fourth-order valence-electron chi connectivity index (χ4n) is 4.06. The number of nitrogens with zero attached hydrogens (tertiary/aromatic N) is 1. The summed E-state index contributed by atoms with van der Waals surface area (Å²) in [5.74, 6) is 0.0742. The van der Waals surface area contributed by atoms with Crippen molar-refractivity contribution in [3.63, 3.8) is 0 Å². The maximum atomic E-state index is 13.1. The molecule has 1 atom stereocenters. The topological polar surface area (TPSA) is 75.7 Å². The molecule has 1 aromatic carbocycles. The third kappa shape index (κ3) is 5.77. The summed E-state index contributed by atoms with van der Waals surface area (Å²) in [6.07, 6.45) is 9.26. The van der Waals surface area contributed by atoms with Crippen molar-refractivity contribution in [2.45, 2.75) is 56.8 Å². The van der Waals surface area contributed by atoms with Crippen LogP contribution in [0, 0.1) is 5.92 Å². The second-order valence-electron chi connectivity index (χ2n) is 7.88. The summed E-state index contributed by atoms with van der Waals surface area (Å²) in [6, 6.07) is 4.50. The lowest BCUT2D eigenvalue weighted by atomic mass is 9.96. The number of nitrogens with one attached hydrogen (secondary N) is 1. The predicted molar refractivity (Wildman–Crippen MR) is 118 cm³/mol. The molecule has 0 saturated carbocycles. The van der Waals surface area contributed by atoms with Crippen molar-refractivity contribution in [3.8, 4) is 5.75 Å². The van der Waals surface area contributed by atoms with E-state index >= 15 is 0 Å². The molecule has 30 heavy (non-hydrogen) atoms. The van der Waals surface area contributed by atoms with Crippen LogP contribution in [0.5, 0.6) is 5.75 Å². The first-order chi connectivity index (χ1) is 14.4. The molecule has 6 nitrogen and oxygen atoms in total. The number of hydrogen-bond acceptors (Lipinski definition) is 4. The fourth-order valence-corrected chi connectivity index (χ4v) is 5.91. The summed E-state index contributed by atoms with van der Waals surface area (Å²) < 4.78 is 33.0. The first-order valence-corrected chi connectivity index (χ1v) is 12.6. The Morgan fingerprint density at radius 3 is 2.83 bits per heavy atom. The highest BCUT2D eigenvalue weighted by atomic mass is 35.5. The Labute approximate surface area is 184 Å². The van der Waals surface area contributed by atoms with Gasteiger partial charge in [0.25, 0.3) is 0 Å². The zero-order valence-electron chi connectivity index (χ0n) is 17.5. The molecular formula is C22H31ClN2O4S. The minimum atomic E-state index is -3.72. The summed E-state index contributed by atoms with van der Waals surface area (Å²) in [7, 11) is -3.72. The summed E-state index contributed by atoms with van der Waals surface area (Å²) >= 11 is 6.18. The Morgan fingerprint density at radius 2 is 2.13 bits per heavy atom. The van der Waals surface area contributed by atoms with Gasteiger partial charge in [-0.1, -0.05) is 23.3 Å². The SMILES string of the molecule is CCOc1ccc(S(=O)(=O)N2CCC[C@@H](C(=O)NCCC3=CCCCC3)C2)cc1Cl. The van der Waals surface area contributed by atoms with Crippen LogP contribution in [0.25, 0.3) is 0 Å². The number of piperidine rings is 1. The molecule has 8 heteroatoms. The van der Waals surface area contributed by atoms with Crippen LogP contribution in [0.1, 0.15) is 51.9 Å². The van der Waals surface area contributed by atoms with E-state index in [1.54, 1.807) is 6.07 Å². The van der Waals surface area contributed by atoms with Gasteiger partial charge in [0.2, 0.25) is 15.9 Å². The van der Waals surface area contributed by atoms with Gasteiger partial charge in [0.15, 0.2) is 0 Å². The van der Waals surface area contributed by atoms with Crippen molar-refractivity contribution in [2.75, 3.05) is 26.2 Å². The summed E-state index contributed by atoms with van der Waals surface area (Å²) in [4.78, 5) is 12.8. The molecule has 2 aliphatic rings. The number of sulfonamides is 1. The smallest absolute Gasteiger partial charge is 0.243 e. The molecule has 1 aromatic rings. The first kappa shape index (κ1) is 23.1. The van der Waals surface area contributed by atoms with E-state index in [2.05, 4.69) is 11.4 Å². The van der Waals surface area contributed by atoms with E-state index in [1.165, 1.54) is 34.9 Å². The lowest BCUT2D eigenvalue weighted by Crippen LogP contribution is -2.45. The van der Waals surface area contributed by atoms with Crippen molar-refractivity contribution < 1.29 is 17.9 Å². The van der Waals surface area contributed by atoms with Crippen LogP contribution in [-0.4, -0.2) is 44.9 Å². The van der Waals surface area contributed by atoms with E-state index in [4.69, 9.17) is 16.3 Å². The van der Waals surface area contributed by atoms with E-state index in [0.717, 1.165) is 19.3 Å². The molecule has 1 N–H and O–H groups in total. The van der Waals surface area contributed by atoms with Gasteiger partial charge in [-0.2, -0.15) is 4.31 Å². The number of hydrogen-bond donors (Lipinski definition) is 1. The molecule has 0 radical (unpaired) electrons. The van der Waals surface area contributed by atoms with Gasteiger partial charge < -0.3 is 10.1 Å². The van der Waals surface area contributed by atoms with Gasteiger partial charge in [-0.25, -0.2) is 8.42 Å². The average molecular weight is 455 g/mol. The Bertz CT molecular complexity index is 885. The number of amides is 1. The number of rotatable bonds is 8. The Morgan fingerprint density at radius 1 is 1.30 bits per heavy atom. The van der Waals surface area contributed by atoms with E-state index in [1.807, 2.05) is 6.92 Å². The largest absolute Gasteiger partial charge is 0.492 e. The molecule has 0 unspecified atom stereocenters. The van der Waals surface area contributed by atoms with Gasteiger partial charge in [0.05, 0.1) is 22.4 Å². The highest BCUT2D eigenvalue weighted by Crippen LogP contribution is 2.30. The van der Waals surface area contributed by atoms with Crippen LogP contribution in [-0.2, 0) is 14.8 Å². The monoisotopic (exact) mass is 454 g/mol. The van der Waals surface area contributed by atoms with Gasteiger partial charge in [0.1, 0.15) is 5.75 Å². The minimum Gasteiger partial charge on any atom is -0.492 e. The van der Waals surface area contributed by atoms with Crippen molar-refractivity contribution in [3.05, 3.63) is 34.9 Å². The van der Waals surface area contributed by atoms with E-state index in [-0.39, 0.29) is 28.3 Å². The zero-order valence-corrected chi connectivity index (χ0v) is 19.1. The van der Waals surface area contributed by atoms with Crippen LogP contribution in [0.15, 0.2) is 34.7 Å². The maximum Gasteiger partial charge on any atom is 0.243 e. The number of halogens is 1. The Hall–Kier alpha value is -1.57. The van der Waals surface area contributed by atoms with Crippen molar-refractivity contribution in [1.29, 1.82) is 0 Å². The van der Waals surface area contributed by atoms with Gasteiger partial charge in [-0.3, -0.25) is 4.79 Å². The van der Waals surface area contributed by atoms with E-state index < -0.39 is 10.0 Å². The lowest BCUT2D eigenvalue weighted by Gasteiger charge is -2.31. The normalized spacial score (nSPS) is 20.5. The molecule has 1 fully saturated rings. The van der Waals surface area contributed by atoms with Gasteiger partial charge in [-0.15, -0.1) is 0 Å². The van der Waals surface area contributed by atoms with Crippen molar-refractivity contribution >= 4 is 27.5 Å². The number of allylic oxidation sites excluding steroid dienone is 1. The van der Waals surface area contributed by atoms with Crippen LogP contribution in [0.3, 0.4) is 0 Å². The molecule has 1 heterocycles. The second-order valence-corrected chi connectivity index (χ2v) is 10.2. The molecule has 1 amide bonds. The Kier molecular flexibility index (Phi) is 8.20. The Balaban J connectivity index is 1.59. The molecule has 1 aliphatic heterocycles. The van der Waals surface area contributed by atoms with Crippen LogP contribution >= 0.6 is 11.6 Å². The number of carbonyl (C=O) groups is 1. The fraction of sp³-hybridized carbons (Fsp3) is 0.591.